The van der Waals surface area contributed by atoms with Gasteiger partial charge in [0, 0.05) is 36.9 Å². The van der Waals surface area contributed by atoms with E-state index >= 15 is 0 Å². The standard InChI is InChI=1S/C15H23BrN2O/c1-3-7-17-10-12-4-5-13(16)9-15(12)18-8-6-14(11-18)19-2/h4-5,9,14,17H,3,6-8,10-11H2,1-2H3. The summed E-state index contributed by atoms with van der Waals surface area (Å²) in [6, 6.07) is 6.56. The second-order valence-corrected chi connectivity index (χ2v) is 5.96. The Morgan fingerprint density at radius 2 is 2.32 bits per heavy atom. The number of halogens is 1. The smallest absolute Gasteiger partial charge is 0.0762 e. The fraction of sp³-hybridized carbons (Fsp3) is 0.600. The average molecular weight is 327 g/mol. The topological polar surface area (TPSA) is 24.5 Å². The van der Waals surface area contributed by atoms with Crippen LogP contribution in [-0.4, -0.2) is 32.8 Å². The maximum absolute atomic E-state index is 5.46. The van der Waals surface area contributed by atoms with Crippen molar-refractivity contribution in [2.24, 2.45) is 0 Å². The first-order valence-electron chi connectivity index (χ1n) is 7.01. The van der Waals surface area contributed by atoms with Crippen LogP contribution >= 0.6 is 15.9 Å². The summed E-state index contributed by atoms with van der Waals surface area (Å²) in [6.07, 6.45) is 2.65. The van der Waals surface area contributed by atoms with E-state index in [2.05, 4.69) is 51.3 Å². The third-order valence-electron chi connectivity index (χ3n) is 3.61. The first kappa shape index (κ1) is 14.8. The molecule has 1 aromatic rings. The van der Waals surface area contributed by atoms with E-state index in [0.717, 1.165) is 37.1 Å². The number of anilines is 1. The maximum Gasteiger partial charge on any atom is 0.0762 e. The Balaban J connectivity index is 2.11. The number of hydrogen-bond donors (Lipinski definition) is 1. The molecule has 0 radical (unpaired) electrons. The zero-order valence-electron chi connectivity index (χ0n) is 11.8. The molecule has 1 atom stereocenters. The molecule has 2 rings (SSSR count). The average Bonchev–Trinajstić information content (AvgIpc) is 2.89. The molecule has 1 heterocycles. The van der Waals surface area contributed by atoms with Crippen molar-refractivity contribution in [2.75, 3.05) is 31.6 Å². The van der Waals surface area contributed by atoms with Crippen LogP contribution in [0.4, 0.5) is 5.69 Å². The van der Waals surface area contributed by atoms with Gasteiger partial charge in [0.25, 0.3) is 0 Å². The summed E-state index contributed by atoms with van der Waals surface area (Å²) in [5.74, 6) is 0. The predicted molar refractivity (Wildman–Crippen MR) is 83.8 cm³/mol. The van der Waals surface area contributed by atoms with Gasteiger partial charge >= 0.3 is 0 Å². The second kappa shape index (κ2) is 7.27. The number of rotatable bonds is 6. The molecule has 3 nitrogen and oxygen atoms in total. The van der Waals surface area contributed by atoms with E-state index < -0.39 is 0 Å². The molecule has 19 heavy (non-hydrogen) atoms. The van der Waals surface area contributed by atoms with Gasteiger partial charge in [-0.2, -0.15) is 0 Å². The van der Waals surface area contributed by atoms with Gasteiger partial charge in [0.2, 0.25) is 0 Å². The molecule has 0 amide bonds. The van der Waals surface area contributed by atoms with E-state index in [1.807, 2.05) is 0 Å². The van der Waals surface area contributed by atoms with Gasteiger partial charge in [-0.15, -0.1) is 0 Å². The maximum atomic E-state index is 5.46. The van der Waals surface area contributed by atoms with Crippen molar-refractivity contribution in [3.05, 3.63) is 28.2 Å². The number of hydrogen-bond acceptors (Lipinski definition) is 3. The van der Waals surface area contributed by atoms with Gasteiger partial charge in [-0.1, -0.05) is 28.9 Å². The Labute approximate surface area is 124 Å². The molecule has 0 spiro atoms. The Morgan fingerprint density at radius 3 is 3.00 bits per heavy atom. The lowest BCUT2D eigenvalue weighted by Crippen LogP contribution is -2.24. The molecular weight excluding hydrogens is 304 g/mol. The Hall–Kier alpha value is -0.580. The van der Waals surface area contributed by atoms with Crippen molar-refractivity contribution in [1.29, 1.82) is 0 Å². The number of nitrogens with one attached hydrogen (secondary N) is 1. The lowest BCUT2D eigenvalue weighted by molar-refractivity contribution is 0.121. The van der Waals surface area contributed by atoms with Crippen LogP contribution in [0.5, 0.6) is 0 Å². The van der Waals surface area contributed by atoms with Crippen molar-refractivity contribution in [2.45, 2.75) is 32.4 Å². The molecule has 1 fully saturated rings. The molecule has 0 bridgehead atoms. The van der Waals surface area contributed by atoms with Gasteiger partial charge in [-0.3, -0.25) is 0 Å². The highest BCUT2D eigenvalue weighted by Crippen LogP contribution is 2.28. The third-order valence-corrected chi connectivity index (χ3v) is 4.10. The largest absolute Gasteiger partial charge is 0.380 e. The summed E-state index contributed by atoms with van der Waals surface area (Å²) in [5, 5.41) is 3.49. The number of methoxy groups -OCH3 is 1. The SMILES string of the molecule is CCCNCc1ccc(Br)cc1N1CCC(OC)C1. The highest BCUT2D eigenvalue weighted by atomic mass is 79.9. The minimum Gasteiger partial charge on any atom is -0.380 e. The summed E-state index contributed by atoms with van der Waals surface area (Å²) < 4.78 is 6.60. The molecule has 0 saturated carbocycles. The minimum absolute atomic E-state index is 0.371. The fourth-order valence-electron chi connectivity index (χ4n) is 2.52. The lowest BCUT2D eigenvalue weighted by atomic mass is 10.1. The first-order valence-corrected chi connectivity index (χ1v) is 7.80. The zero-order valence-corrected chi connectivity index (χ0v) is 13.4. The molecule has 1 unspecified atom stereocenters. The highest BCUT2D eigenvalue weighted by Gasteiger charge is 2.23. The molecule has 106 valence electrons. The predicted octanol–water partition coefficient (Wildman–Crippen LogP) is 3.17. The van der Waals surface area contributed by atoms with Gasteiger partial charge in [0.15, 0.2) is 0 Å². The van der Waals surface area contributed by atoms with Crippen LogP contribution in [0.1, 0.15) is 25.3 Å². The van der Waals surface area contributed by atoms with E-state index in [4.69, 9.17) is 4.74 Å². The Morgan fingerprint density at radius 1 is 1.47 bits per heavy atom. The van der Waals surface area contributed by atoms with Gasteiger partial charge in [-0.05, 0) is 37.1 Å². The van der Waals surface area contributed by atoms with Crippen LogP contribution in [-0.2, 0) is 11.3 Å². The quantitative estimate of drug-likeness (QED) is 0.812. The van der Waals surface area contributed by atoms with Crippen molar-refractivity contribution in [3.63, 3.8) is 0 Å². The fourth-order valence-corrected chi connectivity index (χ4v) is 2.87. The lowest BCUT2D eigenvalue weighted by Gasteiger charge is -2.22. The molecule has 1 aromatic carbocycles. The molecular formula is C15H23BrN2O. The van der Waals surface area contributed by atoms with Gasteiger partial charge in [-0.25, -0.2) is 0 Å². The van der Waals surface area contributed by atoms with E-state index in [1.165, 1.54) is 17.7 Å². The van der Waals surface area contributed by atoms with Crippen LogP contribution in [0.25, 0.3) is 0 Å². The van der Waals surface area contributed by atoms with Crippen molar-refractivity contribution in [3.8, 4) is 0 Å². The van der Waals surface area contributed by atoms with Crippen molar-refractivity contribution >= 4 is 21.6 Å². The first-order chi connectivity index (χ1) is 9.24. The monoisotopic (exact) mass is 326 g/mol. The summed E-state index contributed by atoms with van der Waals surface area (Å²) in [7, 11) is 1.80. The van der Waals surface area contributed by atoms with Crippen LogP contribution in [0.15, 0.2) is 22.7 Å². The summed E-state index contributed by atoms with van der Waals surface area (Å²) >= 11 is 3.58. The highest BCUT2D eigenvalue weighted by molar-refractivity contribution is 9.10. The zero-order chi connectivity index (χ0) is 13.7. The minimum atomic E-state index is 0.371. The second-order valence-electron chi connectivity index (χ2n) is 5.04. The molecule has 1 aliphatic rings. The summed E-state index contributed by atoms with van der Waals surface area (Å²) in [4.78, 5) is 2.43. The van der Waals surface area contributed by atoms with Gasteiger partial charge in [0.05, 0.1) is 6.10 Å². The van der Waals surface area contributed by atoms with Gasteiger partial charge < -0.3 is 15.0 Å². The number of nitrogens with zero attached hydrogens (tertiary/aromatic N) is 1. The molecule has 4 heteroatoms. The molecule has 0 aromatic heterocycles. The molecule has 1 aliphatic heterocycles. The Bertz CT molecular complexity index is 411. The van der Waals surface area contributed by atoms with Crippen molar-refractivity contribution in [1.82, 2.24) is 5.32 Å². The summed E-state index contributed by atoms with van der Waals surface area (Å²) in [5.41, 5.74) is 2.70. The Kier molecular flexibility index (Phi) is 5.67. The van der Waals surface area contributed by atoms with E-state index in [0.29, 0.717) is 6.10 Å². The molecule has 0 aliphatic carbocycles. The third kappa shape index (κ3) is 3.94. The molecule has 1 N–H and O–H groups in total. The number of benzene rings is 1. The summed E-state index contributed by atoms with van der Waals surface area (Å²) in [6.45, 7) is 6.27. The van der Waals surface area contributed by atoms with E-state index in [1.54, 1.807) is 7.11 Å². The van der Waals surface area contributed by atoms with Crippen LogP contribution in [0.3, 0.4) is 0 Å². The molecule has 1 saturated heterocycles. The van der Waals surface area contributed by atoms with Crippen molar-refractivity contribution < 1.29 is 4.74 Å². The normalized spacial score (nSPS) is 19.1. The van der Waals surface area contributed by atoms with E-state index in [9.17, 15) is 0 Å². The number of ether oxygens (including phenoxy) is 1. The van der Waals surface area contributed by atoms with E-state index in [-0.39, 0.29) is 0 Å². The van der Waals surface area contributed by atoms with Crippen LogP contribution < -0.4 is 10.2 Å². The van der Waals surface area contributed by atoms with Crippen LogP contribution in [0.2, 0.25) is 0 Å². The van der Waals surface area contributed by atoms with Gasteiger partial charge in [0.1, 0.15) is 0 Å². The van der Waals surface area contributed by atoms with Crippen LogP contribution in [0, 0.1) is 0 Å².